The highest BCUT2D eigenvalue weighted by molar-refractivity contribution is 9.09. The Hall–Kier alpha value is -0.540. The van der Waals surface area contributed by atoms with Crippen LogP contribution in [-0.4, -0.2) is 23.1 Å². The highest BCUT2D eigenvalue weighted by atomic mass is 79.9. The summed E-state index contributed by atoms with van der Waals surface area (Å²) in [6.07, 6.45) is 5.72. The first kappa shape index (κ1) is 15.0. The zero-order valence-electron chi connectivity index (χ0n) is 13.4. The van der Waals surface area contributed by atoms with Gasteiger partial charge in [0.25, 0.3) is 0 Å². The number of halogens is 1. The molecule has 2 saturated carbocycles. The highest BCUT2D eigenvalue weighted by Crippen LogP contribution is 2.61. The summed E-state index contributed by atoms with van der Waals surface area (Å²) < 4.78 is 5.39. The number of hydrogen-bond donors (Lipinski definition) is 1. The fourth-order valence-electron chi connectivity index (χ4n) is 5.63. The average Bonchev–Trinajstić information content (AvgIpc) is 2.77. The molecule has 4 rings (SSSR count). The first-order chi connectivity index (χ1) is 10.5. The number of benzene rings is 1. The van der Waals surface area contributed by atoms with Gasteiger partial charge in [0.05, 0.1) is 13.2 Å². The molecule has 0 amide bonds. The van der Waals surface area contributed by atoms with Gasteiger partial charge >= 0.3 is 0 Å². The molecule has 0 aromatic heterocycles. The molecule has 0 spiro atoms. The summed E-state index contributed by atoms with van der Waals surface area (Å²) in [6, 6.07) is 6.65. The molecule has 3 aliphatic carbocycles. The number of aliphatic hydroxyl groups excluding tert-OH is 1. The molecule has 0 unspecified atom stereocenters. The third kappa shape index (κ3) is 2.01. The SMILES string of the molecule is COc1ccc2c(c1)CC[C@@H]1[C@@H]2CC[C@@]2(C)[C@@H](O)[C@H](Br)C[C@@H]12. The Morgan fingerprint density at radius 3 is 2.91 bits per heavy atom. The van der Waals surface area contributed by atoms with Gasteiger partial charge in [-0.1, -0.05) is 28.9 Å². The molecule has 0 bridgehead atoms. The van der Waals surface area contributed by atoms with Crippen molar-refractivity contribution in [2.75, 3.05) is 7.11 Å². The summed E-state index contributed by atoms with van der Waals surface area (Å²) in [6.45, 7) is 2.32. The summed E-state index contributed by atoms with van der Waals surface area (Å²) in [7, 11) is 1.75. The first-order valence-electron chi connectivity index (χ1n) is 8.53. The van der Waals surface area contributed by atoms with Gasteiger partial charge in [0.1, 0.15) is 5.75 Å². The minimum atomic E-state index is -0.185. The van der Waals surface area contributed by atoms with Crippen LogP contribution in [0.2, 0.25) is 0 Å². The molecule has 1 N–H and O–H groups in total. The fraction of sp³-hybridized carbons (Fsp3) is 0.684. The molecule has 2 fully saturated rings. The zero-order chi connectivity index (χ0) is 15.5. The standard InChI is InChI=1S/C19H25BrO2/c1-19-8-7-14-13-6-4-12(22-2)9-11(13)3-5-15(14)16(19)10-17(20)18(19)21/h4,6,9,14-18,21H,3,5,7-8,10H2,1-2H3/t14-,15-,16+,17-,18+,19-/m1/s1. The van der Waals surface area contributed by atoms with Crippen LogP contribution in [-0.2, 0) is 6.42 Å². The number of alkyl halides is 1. The third-order valence-electron chi connectivity index (χ3n) is 6.87. The molecule has 120 valence electrons. The van der Waals surface area contributed by atoms with E-state index in [1.807, 2.05) is 0 Å². The van der Waals surface area contributed by atoms with Gasteiger partial charge in [0.2, 0.25) is 0 Å². The van der Waals surface area contributed by atoms with Crippen molar-refractivity contribution < 1.29 is 9.84 Å². The summed E-state index contributed by atoms with van der Waals surface area (Å²) in [5.41, 5.74) is 3.14. The van der Waals surface area contributed by atoms with E-state index in [4.69, 9.17) is 4.74 Å². The maximum atomic E-state index is 10.6. The van der Waals surface area contributed by atoms with E-state index in [1.165, 1.54) is 18.4 Å². The van der Waals surface area contributed by atoms with Gasteiger partial charge in [-0.15, -0.1) is 0 Å². The van der Waals surface area contributed by atoms with E-state index >= 15 is 0 Å². The quantitative estimate of drug-likeness (QED) is 0.753. The van der Waals surface area contributed by atoms with Crippen molar-refractivity contribution in [3.63, 3.8) is 0 Å². The Balaban J connectivity index is 1.69. The number of methoxy groups -OCH3 is 1. The minimum Gasteiger partial charge on any atom is -0.497 e. The predicted octanol–water partition coefficient (Wildman–Crippen LogP) is 4.29. The van der Waals surface area contributed by atoms with Gasteiger partial charge in [-0.3, -0.25) is 0 Å². The van der Waals surface area contributed by atoms with Crippen LogP contribution in [0.25, 0.3) is 0 Å². The van der Waals surface area contributed by atoms with Crippen LogP contribution in [0.3, 0.4) is 0 Å². The van der Waals surface area contributed by atoms with E-state index in [0.717, 1.165) is 30.9 Å². The number of fused-ring (bicyclic) bond motifs is 5. The predicted molar refractivity (Wildman–Crippen MR) is 91.7 cm³/mol. The third-order valence-corrected chi connectivity index (χ3v) is 7.74. The van der Waals surface area contributed by atoms with E-state index in [2.05, 4.69) is 41.1 Å². The monoisotopic (exact) mass is 364 g/mol. The second-order valence-electron chi connectivity index (χ2n) is 7.72. The average molecular weight is 365 g/mol. The van der Waals surface area contributed by atoms with Crippen LogP contribution in [0.1, 0.15) is 49.7 Å². The van der Waals surface area contributed by atoms with Crippen LogP contribution >= 0.6 is 15.9 Å². The second kappa shape index (κ2) is 5.24. The van der Waals surface area contributed by atoms with E-state index < -0.39 is 0 Å². The second-order valence-corrected chi connectivity index (χ2v) is 8.90. The molecule has 2 nitrogen and oxygen atoms in total. The molecule has 6 atom stereocenters. The van der Waals surface area contributed by atoms with Gasteiger partial charge in [-0.2, -0.15) is 0 Å². The summed E-state index contributed by atoms with van der Waals surface area (Å²) in [5, 5.41) is 10.6. The van der Waals surface area contributed by atoms with Gasteiger partial charge in [0.15, 0.2) is 0 Å². The Morgan fingerprint density at radius 1 is 1.32 bits per heavy atom. The van der Waals surface area contributed by atoms with E-state index in [1.54, 1.807) is 12.7 Å². The fourth-order valence-corrected chi connectivity index (χ4v) is 6.64. The molecule has 1 aromatic rings. The lowest BCUT2D eigenvalue weighted by Crippen LogP contribution is -2.44. The van der Waals surface area contributed by atoms with E-state index in [9.17, 15) is 5.11 Å². The van der Waals surface area contributed by atoms with E-state index in [0.29, 0.717) is 11.8 Å². The molecule has 3 heteroatoms. The lowest BCUT2D eigenvalue weighted by atomic mass is 9.55. The van der Waals surface area contributed by atoms with Gasteiger partial charge in [-0.05, 0) is 78.5 Å². The Labute approximate surface area is 141 Å². The Kier molecular flexibility index (Phi) is 3.58. The minimum absolute atomic E-state index is 0.110. The molecule has 1 aromatic carbocycles. The van der Waals surface area contributed by atoms with Crippen LogP contribution in [0.4, 0.5) is 0 Å². The van der Waals surface area contributed by atoms with Crippen molar-refractivity contribution in [2.24, 2.45) is 17.3 Å². The molecule has 0 heterocycles. The summed E-state index contributed by atoms with van der Waals surface area (Å²) in [4.78, 5) is 0.276. The number of rotatable bonds is 1. The molecular weight excluding hydrogens is 340 g/mol. The number of hydrogen-bond acceptors (Lipinski definition) is 2. The topological polar surface area (TPSA) is 29.5 Å². The maximum absolute atomic E-state index is 10.6. The van der Waals surface area contributed by atoms with Crippen molar-refractivity contribution in [1.82, 2.24) is 0 Å². The van der Waals surface area contributed by atoms with Crippen LogP contribution < -0.4 is 4.74 Å². The lowest BCUT2D eigenvalue weighted by molar-refractivity contribution is -0.0213. The summed E-state index contributed by atoms with van der Waals surface area (Å²) in [5.74, 6) is 3.05. The van der Waals surface area contributed by atoms with Crippen LogP contribution in [0, 0.1) is 17.3 Å². The molecule has 0 saturated heterocycles. The molecule has 0 aliphatic heterocycles. The molecule has 0 radical (unpaired) electrons. The van der Waals surface area contributed by atoms with E-state index in [-0.39, 0.29) is 16.3 Å². The van der Waals surface area contributed by atoms with Crippen molar-refractivity contribution >= 4 is 15.9 Å². The van der Waals surface area contributed by atoms with Crippen LogP contribution in [0.15, 0.2) is 18.2 Å². The highest BCUT2D eigenvalue weighted by Gasteiger charge is 2.57. The van der Waals surface area contributed by atoms with Crippen molar-refractivity contribution in [2.45, 2.75) is 55.9 Å². The van der Waals surface area contributed by atoms with Gasteiger partial charge in [0, 0.05) is 4.83 Å². The van der Waals surface area contributed by atoms with Crippen molar-refractivity contribution in [1.29, 1.82) is 0 Å². The van der Waals surface area contributed by atoms with Crippen molar-refractivity contribution in [3.05, 3.63) is 29.3 Å². The van der Waals surface area contributed by atoms with Gasteiger partial charge in [-0.25, -0.2) is 0 Å². The number of aryl methyl sites for hydroxylation is 1. The van der Waals surface area contributed by atoms with Crippen LogP contribution in [0.5, 0.6) is 5.75 Å². The molecular formula is C19H25BrO2. The Morgan fingerprint density at radius 2 is 2.14 bits per heavy atom. The van der Waals surface area contributed by atoms with Crippen molar-refractivity contribution in [3.8, 4) is 5.75 Å². The largest absolute Gasteiger partial charge is 0.497 e. The smallest absolute Gasteiger partial charge is 0.119 e. The number of ether oxygens (including phenoxy) is 1. The Bertz CT molecular complexity index is 587. The van der Waals surface area contributed by atoms with Gasteiger partial charge < -0.3 is 9.84 Å². The normalized spacial score (nSPS) is 43.2. The first-order valence-corrected chi connectivity index (χ1v) is 9.45. The molecule has 3 aliphatic rings. The zero-order valence-corrected chi connectivity index (χ0v) is 15.0. The molecule has 22 heavy (non-hydrogen) atoms. The summed E-state index contributed by atoms with van der Waals surface area (Å²) >= 11 is 3.73. The lowest BCUT2D eigenvalue weighted by Gasteiger charge is -2.50. The maximum Gasteiger partial charge on any atom is 0.119 e. The number of aliphatic hydroxyl groups is 1.